The maximum Gasteiger partial charge on any atom is 0.309 e. The lowest BCUT2D eigenvalue weighted by molar-refractivity contribution is -0.149. The number of esters is 1. The van der Waals surface area contributed by atoms with E-state index >= 15 is 0 Å². The van der Waals surface area contributed by atoms with Gasteiger partial charge in [-0.25, -0.2) is 21.5 Å². The van der Waals surface area contributed by atoms with Crippen LogP contribution in [0.5, 0.6) is 0 Å². The molecule has 0 saturated carbocycles. The zero-order chi connectivity index (χ0) is 20.5. The summed E-state index contributed by atoms with van der Waals surface area (Å²) in [5.74, 6) is -2.76. The molecule has 2 saturated heterocycles. The molecule has 3 rings (SSSR count). The minimum Gasteiger partial charge on any atom is -0.466 e. The molecular weight excluding hydrogens is 394 g/mol. The van der Waals surface area contributed by atoms with Gasteiger partial charge in [-0.05, 0) is 25.8 Å². The second kappa shape index (κ2) is 8.40. The van der Waals surface area contributed by atoms with Crippen LogP contribution in [0.2, 0.25) is 0 Å². The first-order valence-corrected chi connectivity index (χ1v) is 10.7. The average molecular weight is 418 g/mol. The molecule has 2 atom stereocenters. The molecule has 1 aromatic rings. The number of rotatable bonds is 5. The minimum atomic E-state index is -3.86. The van der Waals surface area contributed by atoms with E-state index in [1.54, 1.807) is 6.92 Å². The number of hydrogen-bond donors (Lipinski definition) is 0. The lowest BCUT2D eigenvalue weighted by Crippen LogP contribution is -2.47. The number of hydrogen-bond acceptors (Lipinski definition) is 6. The molecule has 0 aromatic heterocycles. The fourth-order valence-corrected chi connectivity index (χ4v) is 5.77. The largest absolute Gasteiger partial charge is 0.466 e. The van der Waals surface area contributed by atoms with Crippen molar-refractivity contribution < 1.29 is 31.6 Å². The highest BCUT2D eigenvalue weighted by molar-refractivity contribution is 7.89. The number of piperidine rings is 1. The lowest BCUT2D eigenvalue weighted by Gasteiger charge is -2.33. The number of carbonyl (C=O) groups excluding carboxylic acids is 1. The summed E-state index contributed by atoms with van der Waals surface area (Å²) < 4.78 is 60.7. The number of sulfonamides is 1. The van der Waals surface area contributed by atoms with Crippen LogP contribution in [-0.2, 0) is 24.4 Å². The Morgan fingerprint density at radius 3 is 2.61 bits per heavy atom. The summed E-state index contributed by atoms with van der Waals surface area (Å²) in [6.07, 6.45) is 0.723. The standard InChI is InChI=1S/C18H24F2N2O5S/c1-3-26-18(23)12-7-9-22(10-8-12)28(24,25)15-11-27-21(2)17(15)13-5-4-6-14(19)16(13)20/h4-6,12,15,17H,3,7-11H2,1-2H3/t15-,17-/m0/s1. The van der Waals surface area contributed by atoms with E-state index in [2.05, 4.69) is 0 Å². The molecule has 156 valence electrons. The van der Waals surface area contributed by atoms with Gasteiger partial charge in [0.15, 0.2) is 11.6 Å². The van der Waals surface area contributed by atoms with Crippen molar-refractivity contribution in [3.05, 3.63) is 35.4 Å². The smallest absolute Gasteiger partial charge is 0.309 e. The molecule has 0 unspecified atom stereocenters. The van der Waals surface area contributed by atoms with E-state index in [1.807, 2.05) is 0 Å². The first kappa shape index (κ1) is 21.1. The number of halogens is 2. The molecule has 0 spiro atoms. The van der Waals surface area contributed by atoms with Crippen molar-refractivity contribution in [3.8, 4) is 0 Å². The SMILES string of the molecule is CCOC(=O)C1CCN(S(=O)(=O)[C@H]2CON(C)[C@H]2c2cccc(F)c2F)CC1. The zero-order valence-corrected chi connectivity index (χ0v) is 16.6. The highest BCUT2D eigenvalue weighted by atomic mass is 32.2. The molecule has 0 radical (unpaired) electrons. The predicted octanol–water partition coefficient (Wildman–Crippen LogP) is 1.86. The van der Waals surface area contributed by atoms with Gasteiger partial charge in [-0.1, -0.05) is 12.1 Å². The van der Waals surface area contributed by atoms with E-state index < -0.39 is 32.9 Å². The molecule has 2 fully saturated rings. The first-order valence-electron chi connectivity index (χ1n) is 9.22. The van der Waals surface area contributed by atoms with Crippen molar-refractivity contribution in [2.45, 2.75) is 31.1 Å². The molecule has 2 aliphatic rings. The third-order valence-electron chi connectivity index (χ3n) is 5.30. The van der Waals surface area contributed by atoms with Crippen LogP contribution in [0, 0.1) is 17.6 Å². The van der Waals surface area contributed by atoms with Crippen LogP contribution in [0.1, 0.15) is 31.4 Å². The third kappa shape index (κ3) is 3.91. The fraction of sp³-hybridized carbons (Fsp3) is 0.611. The Balaban J connectivity index is 1.79. The van der Waals surface area contributed by atoms with Gasteiger partial charge in [0.05, 0.1) is 25.2 Å². The molecule has 10 heteroatoms. The number of nitrogens with zero attached hydrogens (tertiary/aromatic N) is 2. The predicted molar refractivity (Wildman–Crippen MR) is 96.5 cm³/mol. The third-order valence-corrected chi connectivity index (χ3v) is 7.55. The Morgan fingerprint density at radius 1 is 1.29 bits per heavy atom. The maximum atomic E-state index is 14.3. The molecular formula is C18H24F2N2O5S. The Labute approximate surface area is 163 Å². The molecule has 2 aliphatic heterocycles. The van der Waals surface area contributed by atoms with Crippen molar-refractivity contribution in [1.29, 1.82) is 0 Å². The van der Waals surface area contributed by atoms with Crippen LogP contribution in [0.3, 0.4) is 0 Å². The Bertz CT molecular complexity index is 827. The molecule has 28 heavy (non-hydrogen) atoms. The molecule has 0 N–H and O–H groups in total. The van der Waals surface area contributed by atoms with E-state index in [0.717, 1.165) is 6.07 Å². The first-order chi connectivity index (χ1) is 13.3. The summed E-state index contributed by atoms with van der Waals surface area (Å²) in [7, 11) is -2.36. The van der Waals surface area contributed by atoms with Crippen LogP contribution in [0.25, 0.3) is 0 Å². The van der Waals surface area contributed by atoms with Gasteiger partial charge in [-0.2, -0.15) is 5.06 Å². The van der Waals surface area contributed by atoms with Crippen molar-refractivity contribution >= 4 is 16.0 Å². The van der Waals surface area contributed by atoms with Crippen molar-refractivity contribution in [2.24, 2.45) is 5.92 Å². The fourth-order valence-electron chi connectivity index (χ4n) is 3.79. The highest BCUT2D eigenvalue weighted by Gasteiger charge is 2.47. The van der Waals surface area contributed by atoms with Crippen molar-refractivity contribution in [3.63, 3.8) is 0 Å². The summed E-state index contributed by atoms with van der Waals surface area (Å²) in [5.41, 5.74) is -0.0602. The quantitative estimate of drug-likeness (QED) is 0.680. The Hall–Kier alpha value is -1.62. The molecule has 0 aliphatic carbocycles. The topological polar surface area (TPSA) is 76.1 Å². The van der Waals surface area contributed by atoms with E-state index in [-0.39, 0.29) is 43.8 Å². The van der Waals surface area contributed by atoms with E-state index in [0.29, 0.717) is 12.8 Å². The van der Waals surface area contributed by atoms with Gasteiger partial charge in [0.2, 0.25) is 10.0 Å². The molecule has 2 heterocycles. The summed E-state index contributed by atoms with van der Waals surface area (Å²) in [5, 5.41) is 0.179. The van der Waals surface area contributed by atoms with Gasteiger partial charge in [0, 0.05) is 25.7 Å². The number of ether oxygens (including phenoxy) is 1. The van der Waals surface area contributed by atoms with Crippen molar-refractivity contribution in [2.75, 3.05) is 33.4 Å². The molecule has 7 nitrogen and oxygen atoms in total. The second-order valence-electron chi connectivity index (χ2n) is 6.94. The van der Waals surface area contributed by atoms with Crippen molar-refractivity contribution in [1.82, 2.24) is 9.37 Å². The van der Waals surface area contributed by atoms with E-state index in [1.165, 1.54) is 28.5 Å². The molecule has 0 bridgehead atoms. The summed E-state index contributed by atoms with van der Waals surface area (Å²) in [4.78, 5) is 17.2. The molecule has 0 amide bonds. The van der Waals surface area contributed by atoms with Gasteiger partial charge in [-0.3, -0.25) is 9.63 Å². The van der Waals surface area contributed by atoms with Crippen LogP contribution < -0.4 is 0 Å². The molecule has 1 aromatic carbocycles. The maximum absolute atomic E-state index is 14.3. The number of benzene rings is 1. The minimum absolute atomic E-state index is 0.0602. The van der Waals surface area contributed by atoms with Crippen LogP contribution in [0.15, 0.2) is 18.2 Å². The highest BCUT2D eigenvalue weighted by Crippen LogP contribution is 2.37. The van der Waals surface area contributed by atoms with Gasteiger partial charge < -0.3 is 4.74 Å². The Kier molecular flexibility index (Phi) is 6.33. The number of carbonyl (C=O) groups is 1. The summed E-state index contributed by atoms with van der Waals surface area (Å²) in [6, 6.07) is 2.72. The van der Waals surface area contributed by atoms with Gasteiger partial charge >= 0.3 is 5.97 Å². The van der Waals surface area contributed by atoms with E-state index in [9.17, 15) is 22.0 Å². The second-order valence-corrected chi connectivity index (χ2v) is 9.09. The van der Waals surface area contributed by atoms with Gasteiger partial charge in [-0.15, -0.1) is 0 Å². The number of hydroxylamine groups is 2. The van der Waals surface area contributed by atoms with E-state index in [4.69, 9.17) is 9.57 Å². The summed E-state index contributed by atoms with van der Waals surface area (Å²) >= 11 is 0. The normalized spacial score (nSPS) is 25.1. The van der Waals surface area contributed by atoms with Crippen LogP contribution >= 0.6 is 0 Å². The van der Waals surface area contributed by atoms with Gasteiger partial charge in [0.1, 0.15) is 5.25 Å². The van der Waals surface area contributed by atoms with Crippen LogP contribution in [-0.4, -0.2) is 62.4 Å². The Morgan fingerprint density at radius 2 is 1.96 bits per heavy atom. The van der Waals surface area contributed by atoms with Gasteiger partial charge in [0.25, 0.3) is 0 Å². The zero-order valence-electron chi connectivity index (χ0n) is 15.8. The van der Waals surface area contributed by atoms with Crippen LogP contribution in [0.4, 0.5) is 8.78 Å². The lowest BCUT2D eigenvalue weighted by atomic mass is 9.98. The average Bonchev–Trinajstić information content (AvgIpc) is 3.06. The monoisotopic (exact) mass is 418 g/mol. The summed E-state index contributed by atoms with van der Waals surface area (Å²) in [6.45, 7) is 2.19.